The Kier molecular flexibility index (Phi) is 5.51. The van der Waals surface area contributed by atoms with Crippen molar-refractivity contribution in [3.8, 4) is 5.75 Å². The predicted molar refractivity (Wildman–Crippen MR) is 97.7 cm³/mol. The molecular weight excluding hydrogens is 314 g/mol. The van der Waals surface area contributed by atoms with Gasteiger partial charge in [0.1, 0.15) is 5.75 Å². The van der Waals surface area contributed by atoms with Crippen LogP contribution in [0.5, 0.6) is 5.75 Å². The average molecular weight is 337 g/mol. The van der Waals surface area contributed by atoms with Gasteiger partial charge in [-0.25, -0.2) is 4.79 Å². The molecule has 0 bridgehead atoms. The number of benzene rings is 2. The van der Waals surface area contributed by atoms with Crippen LogP contribution in [0.3, 0.4) is 0 Å². The monoisotopic (exact) mass is 337 g/mol. The van der Waals surface area contributed by atoms with E-state index in [1.165, 1.54) is 17.2 Å². The zero-order valence-corrected chi connectivity index (χ0v) is 14.3. The molecule has 130 valence electrons. The second kappa shape index (κ2) is 7.99. The third-order valence-corrected chi connectivity index (χ3v) is 4.70. The normalized spacial score (nSPS) is 20.8. The Morgan fingerprint density at radius 1 is 1.20 bits per heavy atom. The molecule has 1 saturated heterocycles. The largest absolute Gasteiger partial charge is 0.497 e. The highest BCUT2D eigenvalue weighted by molar-refractivity contribution is 5.79. The lowest BCUT2D eigenvalue weighted by atomic mass is 9.88. The van der Waals surface area contributed by atoms with Gasteiger partial charge in [0, 0.05) is 31.6 Å². The molecule has 2 atom stereocenters. The number of methoxy groups -OCH3 is 1. The van der Waals surface area contributed by atoms with Gasteiger partial charge < -0.3 is 9.84 Å². The fourth-order valence-corrected chi connectivity index (χ4v) is 3.51. The molecule has 0 radical (unpaired) electrons. The first-order valence-corrected chi connectivity index (χ1v) is 8.47. The van der Waals surface area contributed by atoms with Crippen molar-refractivity contribution in [2.75, 3.05) is 20.2 Å². The lowest BCUT2D eigenvalue weighted by molar-refractivity contribution is -0.131. The van der Waals surface area contributed by atoms with Crippen molar-refractivity contribution >= 4 is 5.97 Å². The van der Waals surface area contributed by atoms with E-state index in [2.05, 4.69) is 29.2 Å². The Labute approximate surface area is 148 Å². The van der Waals surface area contributed by atoms with Crippen molar-refractivity contribution < 1.29 is 14.6 Å². The molecule has 1 N–H and O–H groups in total. The first-order chi connectivity index (χ1) is 12.2. The third-order valence-electron chi connectivity index (χ3n) is 4.70. The summed E-state index contributed by atoms with van der Waals surface area (Å²) in [5.41, 5.74) is 2.46. The number of nitrogens with zero attached hydrogens (tertiary/aromatic N) is 1. The van der Waals surface area contributed by atoms with E-state index in [9.17, 15) is 4.79 Å². The average Bonchev–Trinajstić information content (AvgIpc) is 3.03. The minimum atomic E-state index is -0.897. The highest BCUT2D eigenvalue weighted by Crippen LogP contribution is 2.35. The molecular formula is C21H23NO3. The molecule has 2 aromatic carbocycles. The lowest BCUT2D eigenvalue weighted by Gasteiger charge is -2.17. The van der Waals surface area contributed by atoms with E-state index in [4.69, 9.17) is 9.84 Å². The summed E-state index contributed by atoms with van der Waals surface area (Å²) < 4.78 is 5.34. The Bertz CT molecular complexity index is 742. The minimum Gasteiger partial charge on any atom is -0.497 e. The van der Waals surface area contributed by atoms with E-state index in [0.29, 0.717) is 0 Å². The van der Waals surface area contributed by atoms with Crippen LogP contribution in [0.4, 0.5) is 0 Å². The maximum absolute atomic E-state index is 11.0. The highest BCUT2D eigenvalue weighted by Gasteiger charge is 2.32. The number of carboxylic acids is 1. The zero-order chi connectivity index (χ0) is 17.6. The van der Waals surface area contributed by atoms with Crippen molar-refractivity contribution in [1.29, 1.82) is 0 Å². The number of rotatable bonds is 6. The number of hydrogen-bond donors (Lipinski definition) is 1. The Balaban J connectivity index is 1.81. The van der Waals surface area contributed by atoms with E-state index in [1.54, 1.807) is 7.11 Å². The van der Waals surface area contributed by atoms with Gasteiger partial charge in [-0.1, -0.05) is 48.5 Å². The van der Waals surface area contributed by atoms with Crippen molar-refractivity contribution in [3.63, 3.8) is 0 Å². The molecule has 0 aromatic heterocycles. The van der Waals surface area contributed by atoms with Gasteiger partial charge >= 0.3 is 5.97 Å². The zero-order valence-electron chi connectivity index (χ0n) is 14.3. The summed E-state index contributed by atoms with van der Waals surface area (Å²) in [7, 11) is 1.66. The smallest absolute Gasteiger partial charge is 0.327 e. The molecule has 0 saturated carbocycles. The quantitative estimate of drug-likeness (QED) is 0.819. The fourth-order valence-electron chi connectivity index (χ4n) is 3.51. The van der Waals surface area contributed by atoms with E-state index in [0.717, 1.165) is 25.4 Å². The molecule has 1 fully saturated rings. The van der Waals surface area contributed by atoms with Gasteiger partial charge in [0.05, 0.1) is 7.11 Å². The summed E-state index contributed by atoms with van der Waals surface area (Å²) in [4.78, 5) is 13.3. The van der Waals surface area contributed by atoms with Crippen LogP contribution in [0.1, 0.15) is 17.0 Å². The van der Waals surface area contributed by atoms with E-state index < -0.39 is 5.97 Å². The summed E-state index contributed by atoms with van der Waals surface area (Å²) in [5.74, 6) is 0.368. The summed E-state index contributed by atoms with van der Waals surface area (Å²) in [5, 5.41) is 8.99. The molecule has 4 nitrogen and oxygen atoms in total. The second-order valence-electron chi connectivity index (χ2n) is 6.42. The van der Waals surface area contributed by atoms with Crippen LogP contribution in [-0.2, 0) is 11.3 Å². The number of likely N-dealkylation sites (tertiary alicyclic amines) is 1. The van der Waals surface area contributed by atoms with E-state index in [1.807, 2.05) is 36.4 Å². The van der Waals surface area contributed by atoms with Gasteiger partial charge in [-0.2, -0.15) is 0 Å². The molecule has 0 spiro atoms. The summed E-state index contributed by atoms with van der Waals surface area (Å²) in [6, 6.07) is 18.4. The third kappa shape index (κ3) is 4.48. The van der Waals surface area contributed by atoms with Gasteiger partial charge in [-0.15, -0.1) is 0 Å². The van der Waals surface area contributed by atoms with Crippen molar-refractivity contribution in [2.45, 2.75) is 12.5 Å². The maximum atomic E-state index is 11.0. The Hall–Kier alpha value is -2.59. The van der Waals surface area contributed by atoms with Crippen LogP contribution in [-0.4, -0.2) is 36.2 Å². The van der Waals surface area contributed by atoms with Crippen LogP contribution >= 0.6 is 0 Å². The van der Waals surface area contributed by atoms with Gasteiger partial charge in [0.2, 0.25) is 0 Å². The van der Waals surface area contributed by atoms with Crippen LogP contribution in [0.25, 0.3) is 0 Å². The molecule has 2 aromatic rings. The molecule has 1 aliphatic heterocycles. The van der Waals surface area contributed by atoms with Gasteiger partial charge in [0.25, 0.3) is 0 Å². The van der Waals surface area contributed by atoms with Crippen LogP contribution < -0.4 is 4.74 Å². The molecule has 4 heteroatoms. The molecule has 3 rings (SSSR count). The molecule has 0 unspecified atom stereocenters. The van der Waals surface area contributed by atoms with Gasteiger partial charge in [-0.05, 0) is 29.2 Å². The second-order valence-corrected chi connectivity index (χ2v) is 6.42. The molecule has 0 amide bonds. The van der Waals surface area contributed by atoms with Crippen molar-refractivity contribution in [3.05, 3.63) is 77.9 Å². The summed E-state index contributed by atoms with van der Waals surface area (Å²) in [6.07, 6.45) is 3.10. The fraction of sp³-hybridized carbons (Fsp3) is 0.286. The Morgan fingerprint density at radius 2 is 2.00 bits per heavy atom. The number of hydrogen-bond acceptors (Lipinski definition) is 3. The molecule has 1 aliphatic rings. The number of carboxylic acid groups (broad SMARTS) is 1. The SMILES string of the molecule is COc1cccc([C@@H]2CN(Cc3ccccc3)C[C@H]2C=CC(=O)O)c1. The van der Waals surface area contributed by atoms with Crippen LogP contribution in [0, 0.1) is 5.92 Å². The predicted octanol–water partition coefficient (Wildman–Crippen LogP) is 3.55. The van der Waals surface area contributed by atoms with Gasteiger partial charge in [-0.3, -0.25) is 4.90 Å². The minimum absolute atomic E-state index is 0.173. The van der Waals surface area contributed by atoms with E-state index >= 15 is 0 Å². The van der Waals surface area contributed by atoms with Crippen LogP contribution in [0.2, 0.25) is 0 Å². The first kappa shape index (κ1) is 17.2. The first-order valence-electron chi connectivity index (χ1n) is 8.47. The summed E-state index contributed by atoms with van der Waals surface area (Å²) >= 11 is 0. The Morgan fingerprint density at radius 3 is 2.72 bits per heavy atom. The highest BCUT2D eigenvalue weighted by atomic mass is 16.5. The van der Waals surface area contributed by atoms with Crippen molar-refractivity contribution in [1.82, 2.24) is 4.90 Å². The standard InChI is InChI=1S/C21H23NO3/c1-25-19-9-5-8-17(12-19)20-15-22(13-16-6-3-2-4-7-16)14-18(20)10-11-21(23)24/h2-12,18,20H,13-15H2,1H3,(H,23,24)/t18-,20+/m1/s1. The molecule has 0 aliphatic carbocycles. The number of ether oxygens (including phenoxy) is 1. The topological polar surface area (TPSA) is 49.8 Å². The van der Waals surface area contributed by atoms with Crippen molar-refractivity contribution in [2.24, 2.45) is 5.92 Å². The molecule has 25 heavy (non-hydrogen) atoms. The molecule has 1 heterocycles. The number of aliphatic carboxylic acids is 1. The van der Waals surface area contributed by atoms with Gasteiger partial charge in [0.15, 0.2) is 0 Å². The maximum Gasteiger partial charge on any atom is 0.327 e. The number of carbonyl (C=O) groups is 1. The summed E-state index contributed by atoms with van der Waals surface area (Å²) in [6.45, 7) is 2.62. The lowest BCUT2D eigenvalue weighted by Crippen LogP contribution is -2.20. The van der Waals surface area contributed by atoms with Crippen LogP contribution in [0.15, 0.2) is 66.7 Å². The van der Waals surface area contributed by atoms with E-state index in [-0.39, 0.29) is 11.8 Å².